The van der Waals surface area contributed by atoms with E-state index in [4.69, 9.17) is 11.6 Å². The van der Waals surface area contributed by atoms with Crippen molar-refractivity contribution in [3.8, 4) is 0 Å². The van der Waals surface area contributed by atoms with Crippen molar-refractivity contribution >= 4 is 22.6 Å². The summed E-state index contributed by atoms with van der Waals surface area (Å²) in [5.74, 6) is 0.829. The standard InChI is InChI=1S/C13H14ClF3N2O/c1-9-2-3-11-10(6-9)18-12(7-14)19(11)4-5-20-8-13(15,16)17/h2-3,6H,4-5,7-8H2,1H3. The van der Waals surface area contributed by atoms with E-state index in [1.54, 1.807) is 4.57 Å². The van der Waals surface area contributed by atoms with Crippen molar-refractivity contribution in [1.82, 2.24) is 9.55 Å². The largest absolute Gasteiger partial charge is 0.411 e. The van der Waals surface area contributed by atoms with Crippen molar-refractivity contribution in [2.24, 2.45) is 0 Å². The van der Waals surface area contributed by atoms with Gasteiger partial charge in [-0.3, -0.25) is 0 Å². The normalized spacial score (nSPS) is 12.2. The molecule has 1 aromatic heterocycles. The second kappa shape index (κ2) is 6.01. The van der Waals surface area contributed by atoms with Crippen LogP contribution in [0.4, 0.5) is 13.2 Å². The second-order valence-electron chi connectivity index (χ2n) is 4.47. The van der Waals surface area contributed by atoms with E-state index in [9.17, 15) is 13.2 Å². The fourth-order valence-electron chi connectivity index (χ4n) is 1.98. The number of benzene rings is 1. The minimum absolute atomic E-state index is 0.0390. The van der Waals surface area contributed by atoms with Crippen LogP contribution in [0.25, 0.3) is 11.0 Å². The molecular weight excluding hydrogens is 293 g/mol. The van der Waals surface area contributed by atoms with Gasteiger partial charge in [0.2, 0.25) is 0 Å². The first-order chi connectivity index (χ1) is 9.40. The van der Waals surface area contributed by atoms with Gasteiger partial charge in [0.25, 0.3) is 0 Å². The molecule has 0 unspecified atom stereocenters. The second-order valence-corrected chi connectivity index (χ2v) is 4.74. The number of alkyl halides is 4. The van der Waals surface area contributed by atoms with Gasteiger partial charge in [-0.15, -0.1) is 11.6 Å². The van der Waals surface area contributed by atoms with Crippen molar-refractivity contribution in [2.45, 2.75) is 25.5 Å². The molecule has 0 saturated carbocycles. The summed E-state index contributed by atoms with van der Waals surface area (Å²) in [6.07, 6.45) is -4.30. The number of imidazole rings is 1. The van der Waals surface area contributed by atoms with Crippen molar-refractivity contribution < 1.29 is 17.9 Å². The van der Waals surface area contributed by atoms with Crippen LogP contribution in [0.15, 0.2) is 18.2 Å². The molecule has 1 aromatic carbocycles. The number of ether oxygens (including phenoxy) is 1. The summed E-state index contributed by atoms with van der Waals surface area (Å²) in [5, 5.41) is 0. The predicted molar refractivity (Wildman–Crippen MR) is 70.9 cm³/mol. The maximum atomic E-state index is 12.0. The fraction of sp³-hybridized carbons (Fsp3) is 0.462. The zero-order valence-electron chi connectivity index (χ0n) is 10.9. The summed E-state index contributed by atoms with van der Waals surface area (Å²) in [4.78, 5) is 4.37. The number of nitrogens with zero attached hydrogens (tertiary/aromatic N) is 2. The summed E-state index contributed by atoms with van der Waals surface area (Å²) >= 11 is 5.82. The Morgan fingerprint density at radius 2 is 2.10 bits per heavy atom. The van der Waals surface area contributed by atoms with Crippen LogP contribution < -0.4 is 0 Å². The first-order valence-corrected chi connectivity index (χ1v) is 6.60. The van der Waals surface area contributed by atoms with Crippen molar-refractivity contribution in [3.63, 3.8) is 0 Å². The molecule has 0 bridgehead atoms. The monoisotopic (exact) mass is 306 g/mol. The van der Waals surface area contributed by atoms with Gasteiger partial charge in [0.15, 0.2) is 0 Å². The predicted octanol–water partition coefficient (Wildman–Crippen LogP) is 3.66. The van der Waals surface area contributed by atoms with E-state index in [1.165, 1.54) is 0 Å². The van der Waals surface area contributed by atoms with Crippen LogP contribution in [0, 0.1) is 6.92 Å². The Morgan fingerprint density at radius 3 is 2.75 bits per heavy atom. The summed E-state index contributed by atoms with van der Waals surface area (Å²) in [6, 6.07) is 5.73. The molecule has 0 amide bonds. The number of halogens is 4. The van der Waals surface area contributed by atoms with Gasteiger partial charge >= 0.3 is 6.18 Å². The zero-order chi connectivity index (χ0) is 14.8. The third-order valence-electron chi connectivity index (χ3n) is 2.83. The Morgan fingerprint density at radius 1 is 1.35 bits per heavy atom. The Labute approximate surface area is 119 Å². The van der Waals surface area contributed by atoms with Crippen LogP contribution in [0.5, 0.6) is 0 Å². The number of hydrogen-bond donors (Lipinski definition) is 0. The molecule has 7 heteroatoms. The highest BCUT2D eigenvalue weighted by atomic mass is 35.5. The topological polar surface area (TPSA) is 27.1 Å². The van der Waals surface area contributed by atoms with Crippen LogP contribution in [-0.2, 0) is 17.2 Å². The third kappa shape index (κ3) is 3.64. The minimum Gasteiger partial charge on any atom is -0.370 e. The maximum absolute atomic E-state index is 12.0. The first-order valence-electron chi connectivity index (χ1n) is 6.07. The average Bonchev–Trinajstić information content (AvgIpc) is 2.70. The lowest BCUT2D eigenvalue weighted by Gasteiger charge is -2.10. The molecule has 0 atom stereocenters. The van der Waals surface area contributed by atoms with E-state index in [0.717, 1.165) is 16.6 Å². The van der Waals surface area contributed by atoms with Crippen molar-refractivity contribution in [1.29, 1.82) is 0 Å². The Bertz CT molecular complexity index is 595. The number of aromatic nitrogens is 2. The van der Waals surface area contributed by atoms with Crippen molar-refractivity contribution in [2.75, 3.05) is 13.2 Å². The van der Waals surface area contributed by atoms with Crippen LogP contribution in [0.1, 0.15) is 11.4 Å². The van der Waals surface area contributed by atoms with Gasteiger partial charge in [0.1, 0.15) is 12.4 Å². The van der Waals surface area contributed by atoms with Crippen molar-refractivity contribution in [3.05, 3.63) is 29.6 Å². The maximum Gasteiger partial charge on any atom is 0.411 e. The number of fused-ring (bicyclic) bond motifs is 1. The third-order valence-corrected chi connectivity index (χ3v) is 3.07. The molecule has 110 valence electrons. The quantitative estimate of drug-likeness (QED) is 0.622. The average molecular weight is 307 g/mol. The molecule has 2 aromatic rings. The molecular formula is C13H14ClF3N2O. The van der Waals surface area contributed by atoms with Gasteiger partial charge in [-0.25, -0.2) is 4.98 Å². The first kappa shape index (κ1) is 15.1. The summed E-state index contributed by atoms with van der Waals surface area (Å²) in [7, 11) is 0. The molecule has 0 aliphatic heterocycles. The van der Waals surface area contributed by atoms with Gasteiger partial charge in [-0.05, 0) is 24.6 Å². The zero-order valence-corrected chi connectivity index (χ0v) is 11.6. The smallest absolute Gasteiger partial charge is 0.370 e. The fourth-order valence-corrected chi connectivity index (χ4v) is 2.19. The minimum atomic E-state index is -4.30. The highest BCUT2D eigenvalue weighted by Gasteiger charge is 2.27. The molecule has 0 aliphatic carbocycles. The van der Waals surface area contributed by atoms with E-state index < -0.39 is 12.8 Å². The lowest BCUT2D eigenvalue weighted by atomic mass is 10.2. The molecule has 20 heavy (non-hydrogen) atoms. The van der Waals surface area contributed by atoms with E-state index in [1.807, 2.05) is 25.1 Å². The van der Waals surface area contributed by atoms with E-state index in [0.29, 0.717) is 5.82 Å². The lowest BCUT2D eigenvalue weighted by molar-refractivity contribution is -0.174. The summed E-state index contributed by atoms with van der Waals surface area (Å²) in [5.41, 5.74) is 2.70. The van der Waals surface area contributed by atoms with Gasteiger partial charge in [0.05, 0.1) is 23.5 Å². The molecule has 0 saturated heterocycles. The summed E-state index contributed by atoms with van der Waals surface area (Å²) < 4.78 is 42.4. The number of aryl methyl sites for hydroxylation is 1. The molecule has 0 radical (unpaired) electrons. The molecule has 3 nitrogen and oxygen atoms in total. The van der Waals surface area contributed by atoms with Crippen LogP contribution in [-0.4, -0.2) is 28.9 Å². The molecule has 2 rings (SSSR count). The van der Waals surface area contributed by atoms with E-state index in [-0.39, 0.29) is 19.0 Å². The van der Waals surface area contributed by atoms with Gasteiger partial charge in [-0.1, -0.05) is 6.07 Å². The van der Waals surface area contributed by atoms with Crippen LogP contribution >= 0.6 is 11.6 Å². The molecule has 0 N–H and O–H groups in total. The molecule has 0 fully saturated rings. The Balaban J connectivity index is 2.12. The number of rotatable bonds is 5. The Kier molecular flexibility index (Phi) is 4.55. The van der Waals surface area contributed by atoms with E-state index in [2.05, 4.69) is 9.72 Å². The highest BCUT2D eigenvalue weighted by Crippen LogP contribution is 2.19. The molecule has 0 spiro atoms. The molecule has 0 aliphatic rings. The van der Waals surface area contributed by atoms with Gasteiger partial charge in [-0.2, -0.15) is 13.2 Å². The molecule has 1 heterocycles. The summed E-state index contributed by atoms with van der Waals surface area (Å²) in [6.45, 7) is 0.959. The van der Waals surface area contributed by atoms with Crippen LogP contribution in [0.2, 0.25) is 0 Å². The van der Waals surface area contributed by atoms with E-state index >= 15 is 0 Å². The van der Waals surface area contributed by atoms with Gasteiger partial charge in [0, 0.05) is 6.54 Å². The van der Waals surface area contributed by atoms with Gasteiger partial charge < -0.3 is 9.30 Å². The SMILES string of the molecule is Cc1ccc2c(c1)nc(CCl)n2CCOCC(F)(F)F. The van der Waals surface area contributed by atoms with Crippen LogP contribution in [0.3, 0.4) is 0 Å². The lowest BCUT2D eigenvalue weighted by Crippen LogP contribution is -2.19. The Hall–Kier alpha value is -1.27. The number of hydrogen-bond acceptors (Lipinski definition) is 2. The highest BCUT2D eigenvalue weighted by molar-refractivity contribution is 6.16.